The molecule has 0 aliphatic rings. The largest absolute Gasteiger partial charge is 0.262 e. The van der Waals surface area contributed by atoms with E-state index in [9.17, 15) is 8.78 Å². The Bertz CT molecular complexity index is 1040. The third kappa shape index (κ3) is 2.44. The molecule has 0 amide bonds. The van der Waals surface area contributed by atoms with Crippen molar-refractivity contribution in [3.05, 3.63) is 78.3 Å². The van der Waals surface area contributed by atoms with E-state index in [-0.39, 0.29) is 11.6 Å². The van der Waals surface area contributed by atoms with Crippen LogP contribution in [0.15, 0.2) is 60.9 Å². The van der Waals surface area contributed by atoms with E-state index in [0.29, 0.717) is 5.69 Å². The van der Waals surface area contributed by atoms with Crippen molar-refractivity contribution in [2.45, 2.75) is 6.92 Å². The molecule has 0 bridgehead atoms. The molecule has 0 saturated carbocycles. The summed E-state index contributed by atoms with van der Waals surface area (Å²) in [5.41, 5.74) is 4.90. The highest BCUT2D eigenvalue weighted by molar-refractivity contribution is 5.92. The van der Waals surface area contributed by atoms with Gasteiger partial charge < -0.3 is 0 Å². The highest BCUT2D eigenvalue weighted by Gasteiger charge is 2.17. The summed E-state index contributed by atoms with van der Waals surface area (Å²) in [6, 6.07) is 13.1. The van der Waals surface area contributed by atoms with Crippen LogP contribution in [0.2, 0.25) is 0 Å². The molecule has 0 N–H and O–H groups in total. The van der Waals surface area contributed by atoms with E-state index in [2.05, 4.69) is 10.1 Å². The number of pyridine rings is 2. The quantitative estimate of drug-likeness (QED) is 0.538. The normalized spacial score (nSPS) is 11.1. The number of aryl methyl sites for hydroxylation is 1. The number of hydrogen-bond donors (Lipinski definition) is 0. The first-order chi connectivity index (χ1) is 11.6. The van der Waals surface area contributed by atoms with Crippen LogP contribution in [0.4, 0.5) is 8.78 Å². The summed E-state index contributed by atoms with van der Waals surface area (Å²) in [5.74, 6) is -0.678. The van der Waals surface area contributed by atoms with Crippen molar-refractivity contribution in [3.8, 4) is 22.4 Å². The van der Waals surface area contributed by atoms with E-state index < -0.39 is 0 Å². The molecule has 0 atom stereocenters. The van der Waals surface area contributed by atoms with E-state index in [4.69, 9.17) is 0 Å². The van der Waals surface area contributed by atoms with Gasteiger partial charge in [-0.05, 0) is 61.0 Å². The van der Waals surface area contributed by atoms with Crippen molar-refractivity contribution >= 4 is 5.52 Å². The number of hydrogen-bond acceptors (Lipinski definition) is 2. The van der Waals surface area contributed by atoms with Gasteiger partial charge in [-0.3, -0.25) is 4.98 Å². The van der Waals surface area contributed by atoms with Gasteiger partial charge >= 0.3 is 0 Å². The van der Waals surface area contributed by atoms with Crippen molar-refractivity contribution in [3.63, 3.8) is 0 Å². The van der Waals surface area contributed by atoms with Gasteiger partial charge in [-0.25, -0.2) is 13.3 Å². The third-order valence-corrected chi connectivity index (χ3v) is 3.90. The Hall–Kier alpha value is -3.08. The average molecular weight is 321 g/mol. The fraction of sp³-hybridized carbons (Fsp3) is 0.0526. The summed E-state index contributed by atoms with van der Waals surface area (Å²) >= 11 is 0. The predicted octanol–water partition coefficient (Wildman–Crippen LogP) is 4.65. The first-order valence-corrected chi connectivity index (χ1v) is 7.49. The summed E-state index contributed by atoms with van der Waals surface area (Å²) in [4.78, 5) is 4.22. The molecule has 0 saturated heterocycles. The van der Waals surface area contributed by atoms with Gasteiger partial charge in [-0.1, -0.05) is 0 Å². The summed E-state index contributed by atoms with van der Waals surface area (Å²) < 4.78 is 28.3. The predicted molar refractivity (Wildman–Crippen MR) is 88.5 cm³/mol. The number of halogens is 2. The molecule has 0 aliphatic carbocycles. The van der Waals surface area contributed by atoms with E-state index >= 15 is 0 Å². The van der Waals surface area contributed by atoms with Gasteiger partial charge in [-0.2, -0.15) is 5.10 Å². The van der Waals surface area contributed by atoms with Gasteiger partial charge in [0.2, 0.25) is 0 Å². The van der Waals surface area contributed by atoms with Gasteiger partial charge in [0.25, 0.3) is 0 Å². The second-order valence-corrected chi connectivity index (χ2v) is 5.59. The minimum absolute atomic E-state index is 0.310. The molecule has 3 nitrogen and oxygen atoms in total. The van der Waals surface area contributed by atoms with Crippen molar-refractivity contribution in [1.82, 2.24) is 14.6 Å². The topological polar surface area (TPSA) is 30.2 Å². The molecule has 1 aromatic carbocycles. The molecule has 24 heavy (non-hydrogen) atoms. The van der Waals surface area contributed by atoms with Crippen LogP contribution in [0, 0.1) is 18.6 Å². The zero-order valence-electron chi connectivity index (χ0n) is 12.9. The third-order valence-electron chi connectivity index (χ3n) is 3.90. The molecule has 0 radical (unpaired) electrons. The lowest BCUT2D eigenvalue weighted by Gasteiger charge is -2.05. The molecule has 3 heterocycles. The van der Waals surface area contributed by atoms with Crippen molar-refractivity contribution in [1.29, 1.82) is 0 Å². The van der Waals surface area contributed by atoms with Crippen LogP contribution in [-0.4, -0.2) is 14.6 Å². The van der Waals surface area contributed by atoms with Crippen molar-refractivity contribution < 1.29 is 8.78 Å². The Labute approximate surface area is 137 Å². The van der Waals surface area contributed by atoms with E-state index in [1.165, 1.54) is 28.9 Å². The Balaban J connectivity index is 2.05. The number of rotatable bonds is 2. The minimum Gasteiger partial charge on any atom is -0.262 e. The van der Waals surface area contributed by atoms with Gasteiger partial charge in [0.1, 0.15) is 17.3 Å². The molecule has 4 aromatic rings. The maximum atomic E-state index is 13.6. The molecular weight excluding hydrogens is 308 g/mol. The Kier molecular flexibility index (Phi) is 3.34. The fourth-order valence-corrected chi connectivity index (χ4v) is 2.82. The van der Waals surface area contributed by atoms with Gasteiger partial charge in [-0.15, -0.1) is 0 Å². The highest BCUT2D eigenvalue weighted by Crippen LogP contribution is 2.35. The molecule has 0 unspecified atom stereocenters. The summed E-state index contributed by atoms with van der Waals surface area (Å²) in [7, 11) is 0. The lowest BCUT2D eigenvalue weighted by Crippen LogP contribution is -1.88. The van der Waals surface area contributed by atoms with Crippen molar-refractivity contribution in [2.75, 3.05) is 0 Å². The Morgan fingerprint density at radius 1 is 0.875 bits per heavy atom. The number of aromatic nitrogens is 3. The SMILES string of the molecule is Cc1cc(-c2c(-c3ccc(F)cc3)nn3cc(F)ccc23)ccn1. The van der Waals surface area contributed by atoms with E-state index in [0.717, 1.165) is 27.9 Å². The van der Waals surface area contributed by atoms with Crippen LogP contribution in [0.3, 0.4) is 0 Å². The average Bonchev–Trinajstić information content (AvgIpc) is 2.94. The van der Waals surface area contributed by atoms with E-state index in [1.54, 1.807) is 24.4 Å². The maximum absolute atomic E-state index is 13.6. The van der Waals surface area contributed by atoms with Gasteiger partial charge in [0, 0.05) is 23.0 Å². The number of benzene rings is 1. The second kappa shape index (κ2) is 5.53. The van der Waals surface area contributed by atoms with E-state index in [1.807, 2.05) is 19.1 Å². The molecule has 0 fully saturated rings. The van der Waals surface area contributed by atoms with Crippen LogP contribution in [-0.2, 0) is 0 Å². The fourth-order valence-electron chi connectivity index (χ4n) is 2.82. The summed E-state index contributed by atoms with van der Waals surface area (Å²) in [6.45, 7) is 1.91. The molecule has 5 heteroatoms. The van der Waals surface area contributed by atoms with Crippen LogP contribution < -0.4 is 0 Å². The lowest BCUT2D eigenvalue weighted by molar-refractivity contribution is 0.615. The monoisotopic (exact) mass is 321 g/mol. The Morgan fingerprint density at radius 2 is 1.62 bits per heavy atom. The minimum atomic E-state index is -0.367. The molecule has 3 aromatic heterocycles. The van der Waals surface area contributed by atoms with Crippen LogP contribution >= 0.6 is 0 Å². The van der Waals surface area contributed by atoms with Gasteiger partial charge in [0.05, 0.1) is 11.7 Å². The smallest absolute Gasteiger partial charge is 0.141 e. The van der Waals surface area contributed by atoms with Crippen LogP contribution in [0.5, 0.6) is 0 Å². The molecule has 118 valence electrons. The van der Waals surface area contributed by atoms with Crippen LogP contribution in [0.1, 0.15) is 5.69 Å². The highest BCUT2D eigenvalue weighted by atomic mass is 19.1. The van der Waals surface area contributed by atoms with Crippen molar-refractivity contribution in [2.24, 2.45) is 0 Å². The first kappa shape index (κ1) is 14.5. The molecule has 0 spiro atoms. The zero-order chi connectivity index (χ0) is 16.7. The second-order valence-electron chi connectivity index (χ2n) is 5.59. The molecule has 4 rings (SSSR count). The number of nitrogens with zero attached hydrogens (tertiary/aromatic N) is 3. The lowest BCUT2D eigenvalue weighted by atomic mass is 10.00. The number of fused-ring (bicyclic) bond motifs is 1. The summed E-state index contributed by atoms with van der Waals surface area (Å²) in [6.07, 6.45) is 3.06. The standard InChI is InChI=1S/C19H13F2N3/c1-12-10-14(8-9-22-12)18-17-7-6-16(21)11-24(17)23-19(18)13-2-4-15(20)5-3-13/h2-11H,1H3. The summed E-state index contributed by atoms with van der Waals surface area (Å²) in [5, 5.41) is 4.51. The molecule has 0 aliphatic heterocycles. The molecular formula is C19H13F2N3. The van der Waals surface area contributed by atoms with Crippen LogP contribution in [0.25, 0.3) is 27.9 Å². The van der Waals surface area contributed by atoms with Gasteiger partial charge in [0.15, 0.2) is 0 Å². The Morgan fingerprint density at radius 3 is 2.38 bits per heavy atom. The maximum Gasteiger partial charge on any atom is 0.141 e. The zero-order valence-corrected chi connectivity index (χ0v) is 12.9. The first-order valence-electron chi connectivity index (χ1n) is 7.49.